The zero-order chi connectivity index (χ0) is 11.5. The Hall–Kier alpha value is -1.03. The van der Waals surface area contributed by atoms with Crippen LogP contribution >= 0.6 is 0 Å². The van der Waals surface area contributed by atoms with Gasteiger partial charge < -0.3 is 9.69 Å². The van der Waals surface area contributed by atoms with Crippen molar-refractivity contribution in [2.75, 3.05) is 20.6 Å². The third-order valence-electron chi connectivity index (χ3n) is 3.20. The Balaban J connectivity index is 1.90. The van der Waals surface area contributed by atoms with Crippen LogP contribution in [0.2, 0.25) is 0 Å². The molecule has 1 unspecified atom stereocenters. The Bertz CT molecular complexity index is 284. The first-order chi connectivity index (χ1) is 7.72. The summed E-state index contributed by atoms with van der Waals surface area (Å²) in [7, 11) is 4.13. The number of nitrogens with zero attached hydrogens (tertiary/aromatic N) is 2. The summed E-state index contributed by atoms with van der Waals surface area (Å²) in [5, 5.41) is 2.19. The van der Waals surface area contributed by atoms with Crippen LogP contribution in [-0.2, 0) is 4.79 Å². The van der Waals surface area contributed by atoms with E-state index in [1.165, 1.54) is 18.7 Å². The van der Waals surface area contributed by atoms with E-state index < -0.39 is 0 Å². The second-order valence-corrected chi connectivity index (χ2v) is 4.87. The van der Waals surface area contributed by atoms with E-state index in [1.54, 1.807) is 0 Å². The van der Waals surface area contributed by atoms with E-state index in [9.17, 15) is 4.79 Å². The van der Waals surface area contributed by atoms with Crippen LogP contribution in [0.15, 0.2) is 11.9 Å². The smallest absolute Gasteiger partial charge is 0.120 e. The van der Waals surface area contributed by atoms with Gasteiger partial charge in [-0.15, -0.1) is 0 Å². The van der Waals surface area contributed by atoms with Crippen LogP contribution in [-0.4, -0.2) is 42.9 Å². The van der Waals surface area contributed by atoms with Gasteiger partial charge in [-0.3, -0.25) is 5.01 Å². The fourth-order valence-electron chi connectivity index (χ4n) is 2.13. The van der Waals surface area contributed by atoms with Crippen molar-refractivity contribution < 1.29 is 4.79 Å². The molecule has 4 heteroatoms. The maximum absolute atomic E-state index is 10.3. The molecule has 1 saturated carbocycles. The number of hydrogen-bond donors (Lipinski definition) is 1. The van der Waals surface area contributed by atoms with Gasteiger partial charge in [0.25, 0.3) is 0 Å². The molecule has 0 aromatic rings. The molecule has 2 aliphatic rings. The zero-order valence-corrected chi connectivity index (χ0v) is 10.1. The van der Waals surface area contributed by atoms with E-state index in [4.69, 9.17) is 0 Å². The van der Waals surface area contributed by atoms with E-state index in [0.717, 1.165) is 25.2 Å². The van der Waals surface area contributed by atoms with E-state index in [0.29, 0.717) is 12.5 Å². The maximum atomic E-state index is 10.3. The van der Waals surface area contributed by atoms with E-state index in [-0.39, 0.29) is 0 Å². The van der Waals surface area contributed by atoms with Crippen molar-refractivity contribution in [3.63, 3.8) is 0 Å². The minimum absolute atomic E-state index is 0.508. The molecule has 2 rings (SSSR count). The van der Waals surface area contributed by atoms with Crippen LogP contribution < -0.4 is 5.43 Å². The lowest BCUT2D eigenvalue weighted by Crippen LogP contribution is -2.41. The number of aldehydes is 1. The van der Waals surface area contributed by atoms with Crippen LogP contribution in [0.3, 0.4) is 0 Å². The second-order valence-electron chi connectivity index (χ2n) is 4.87. The van der Waals surface area contributed by atoms with Gasteiger partial charge in [0.15, 0.2) is 0 Å². The highest BCUT2D eigenvalue weighted by Gasteiger charge is 2.35. The summed E-state index contributed by atoms with van der Waals surface area (Å²) in [4.78, 5) is 12.4. The van der Waals surface area contributed by atoms with Gasteiger partial charge in [0, 0.05) is 27.1 Å². The largest absolute Gasteiger partial charge is 0.364 e. The third kappa shape index (κ3) is 2.55. The molecule has 1 N–H and O–H groups in total. The van der Waals surface area contributed by atoms with Crippen molar-refractivity contribution >= 4 is 6.29 Å². The molecule has 1 heterocycles. The van der Waals surface area contributed by atoms with Gasteiger partial charge in [0.05, 0.1) is 6.04 Å². The highest BCUT2D eigenvalue weighted by molar-refractivity contribution is 5.49. The molecule has 0 spiro atoms. The van der Waals surface area contributed by atoms with Crippen molar-refractivity contribution in [2.24, 2.45) is 5.92 Å². The Kier molecular flexibility index (Phi) is 3.49. The van der Waals surface area contributed by atoms with Crippen molar-refractivity contribution in [1.29, 1.82) is 0 Å². The summed E-state index contributed by atoms with van der Waals surface area (Å²) in [6.45, 7) is 0.909. The van der Waals surface area contributed by atoms with Gasteiger partial charge in [-0.25, -0.2) is 5.43 Å². The molecule has 0 radical (unpaired) electrons. The summed E-state index contributed by atoms with van der Waals surface area (Å²) < 4.78 is 0. The molecule has 4 nitrogen and oxygen atoms in total. The minimum Gasteiger partial charge on any atom is -0.364 e. The Morgan fingerprint density at radius 3 is 2.88 bits per heavy atom. The lowest BCUT2D eigenvalue weighted by Gasteiger charge is -2.27. The Morgan fingerprint density at radius 2 is 2.31 bits per heavy atom. The minimum atomic E-state index is 0.508. The van der Waals surface area contributed by atoms with Crippen LogP contribution in [0.1, 0.15) is 25.7 Å². The molecule has 0 amide bonds. The van der Waals surface area contributed by atoms with Crippen LogP contribution in [0, 0.1) is 5.92 Å². The first kappa shape index (κ1) is 11.5. The van der Waals surface area contributed by atoms with E-state index in [1.807, 2.05) is 0 Å². The van der Waals surface area contributed by atoms with Crippen molar-refractivity contribution in [2.45, 2.75) is 31.7 Å². The number of unbranched alkanes of at least 4 members (excludes halogenated alkanes) is 1. The molecule has 1 atom stereocenters. The summed E-state index contributed by atoms with van der Waals surface area (Å²) >= 11 is 0. The standard InChI is InChI=1S/C12H21N3O/c1-14(2)12-9-11(10-5-6-10)13-15(12)7-3-4-8-16/h8-11,13H,3-7H2,1-2H3. The van der Waals surface area contributed by atoms with Gasteiger partial charge in [-0.1, -0.05) is 0 Å². The lowest BCUT2D eigenvalue weighted by molar-refractivity contribution is -0.108. The summed E-state index contributed by atoms with van der Waals surface area (Å²) in [5.74, 6) is 2.06. The monoisotopic (exact) mass is 223 g/mol. The molecule has 0 aromatic carbocycles. The Morgan fingerprint density at radius 1 is 1.56 bits per heavy atom. The highest BCUT2D eigenvalue weighted by atomic mass is 16.1. The number of hydrogen-bond acceptors (Lipinski definition) is 4. The number of nitrogens with one attached hydrogen (secondary N) is 1. The van der Waals surface area contributed by atoms with E-state index >= 15 is 0 Å². The van der Waals surface area contributed by atoms with Crippen LogP contribution in [0.5, 0.6) is 0 Å². The van der Waals surface area contributed by atoms with Crippen molar-refractivity contribution in [1.82, 2.24) is 15.3 Å². The summed E-state index contributed by atoms with van der Waals surface area (Å²) in [5.41, 5.74) is 3.53. The molecular formula is C12H21N3O. The predicted molar refractivity (Wildman–Crippen MR) is 63.4 cm³/mol. The summed E-state index contributed by atoms with van der Waals surface area (Å²) in [6, 6.07) is 0.508. The molecule has 0 aromatic heterocycles. The maximum Gasteiger partial charge on any atom is 0.120 e. The average Bonchev–Trinajstić information content (AvgIpc) is 3.00. The number of hydrazine groups is 1. The molecule has 0 bridgehead atoms. The van der Waals surface area contributed by atoms with Gasteiger partial charge in [-0.2, -0.15) is 0 Å². The molecule has 1 aliphatic heterocycles. The predicted octanol–water partition coefficient (Wildman–Crippen LogP) is 0.967. The third-order valence-corrected chi connectivity index (χ3v) is 3.20. The Labute approximate surface area is 97.3 Å². The van der Waals surface area contributed by atoms with E-state index in [2.05, 4.69) is 35.5 Å². The van der Waals surface area contributed by atoms with Gasteiger partial charge >= 0.3 is 0 Å². The van der Waals surface area contributed by atoms with Crippen LogP contribution in [0.25, 0.3) is 0 Å². The zero-order valence-electron chi connectivity index (χ0n) is 10.1. The average molecular weight is 223 g/mol. The topological polar surface area (TPSA) is 35.6 Å². The highest BCUT2D eigenvalue weighted by Crippen LogP contribution is 2.36. The molecule has 16 heavy (non-hydrogen) atoms. The molecule has 0 saturated heterocycles. The summed E-state index contributed by atoms with van der Waals surface area (Å²) in [6.07, 6.45) is 7.56. The molecule has 1 fully saturated rings. The molecular weight excluding hydrogens is 202 g/mol. The van der Waals surface area contributed by atoms with Crippen molar-refractivity contribution in [3.8, 4) is 0 Å². The first-order valence-corrected chi connectivity index (χ1v) is 6.09. The number of carbonyl (C=O) groups excluding carboxylic acids is 1. The SMILES string of the molecule is CN(C)C1=CC(C2CC2)NN1CCCC=O. The number of carbonyl (C=O) groups is 1. The van der Waals surface area contributed by atoms with Gasteiger partial charge in [-0.05, 0) is 31.3 Å². The normalized spacial score (nSPS) is 24.5. The first-order valence-electron chi connectivity index (χ1n) is 6.09. The van der Waals surface area contributed by atoms with Gasteiger partial charge in [0.2, 0.25) is 0 Å². The molecule has 1 aliphatic carbocycles. The number of rotatable bonds is 6. The molecule has 90 valence electrons. The van der Waals surface area contributed by atoms with Gasteiger partial charge in [0.1, 0.15) is 12.1 Å². The van der Waals surface area contributed by atoms with Crippen LogP contribution in [0.4, 0.5) is 0 Å². The lowest BCUT2D eigenvalue weighted by atomic mass is 10.2. The fraction of sp³-hybridized carbons (Fsp3) is 0.750. The fourth-order valence-corrected chi connectivity index (χ4v) is 2.13. The quantitative estimate of drug-likeness (QED) is 0.537. The second kappa shape index (κ2) is 4.87. The van der Waals surface area contributed by atoms with Crippen molar-refractivity contribution in [3.05, 3.63) is 11.9 Å².